The standard InChI is InChI=1S/C25H26O3.C18H21BrO.C8H9BO4/c1-2-3-4-5-18-28-24-16-14-22(15-17-24)20-8-6-19(7-9-20)21-10-12-23(13-11-21)25(26)27;1-2-3-4-5-14-20-18-12-8-16(9-13-18)15-6-10-17(19)11-7-15;1-13-8(10)6-2-4-7(5-3-6)9(11)12/h6-17H,2-5,18H2,1H3,(H,26,27);6-13H,2-5,14H2,1H3;2-5,11-12H,1H3. The molecule has 0 saturated heterocycles. The van der Waals surface area contributed by atoms with E-state index < -0.39 is 19.1 Å². The lowest BCUT2D eigenvalue weighted by atomic mass is 9.80. The lowest BCUT2D eigenvalue weighted by Crippen LogP contribution is -2.29. The van der Waals surface area contributed by atoms with Gasteiger partial charge in [0.05, 0.1) is 31.5 Å². The normalized spacial score (nSPS) is 10.3. The Balaban J connectivity index is 0.000000217. The van der Waals surface area contributed by atoms with E-state index in [0.717, 1.165) is 64.3 Å². The summed E-state index contributed by atoms with van der Waals surface area (Å²) in [6.45, 7) is 6.02. The minimum atomic E-state index is -1.51. The summed E-state index contributed by atoms with van der Waals surface area (Å²) in [6.07, 6.45) is 9.79. The molecule has 0 saturated carbocycles. The Bertz CT molecular complexity index is 2160. The number of aromatic carboxylic acids is 1. The van der Waals surface area contributed by atoms with Crippen molar-refractivity contribution in [1.82, 2.24) is 0 Å². The number of carbonyl (C=O) groups excluding carboxylic acids is 1. The molecule has 0 spiro atoms. The number of hydrogen-bond acceptors (Lipinski definition) is 7. The van der Waals surface area contributed by atoms with Gasteiger partial charge in [-0.05, 0) is 112 Å². The van der Waals surface area contributed by atoms with E-state index in [1.54, 1.807) is 12.1 Å². The van der Waals surface area contributed by atoms with E-state index in [4.69, 9.17) is 24.6 Å². The van der Waals surface area contributed by atoms with Crippen molar-refractivity contribution >= 4 is 40.4 Å². The van der Waals surface area contributed by atoms with E-state index in [0.29, 0.717) is 16.6 Å². The average molecular weight is 888 g/mol. The summed E-state index contributed by atoms with van der Waals surface area (Å²) < 4.78 is 17.1. The van der Waals surface area contributed by atoms with E-state index >= 15 is 0 Å². The van der Waals surface area contributed by atoms with Gasteiger partial charge in [-0.25, -0.2) is 9.59 Å². The van der Waals surface area contributed by atoms with Gasteiger partial charge in [-0.2, -0.15) is 0 Å². The fourth-order valence-corrected chi connectivity index (χ4v) is 6.40. The molecule has 6 aromatic rings. The number of hydrogen-bond donors (Lipinski definition) is 3. The van der Waals surface area contributed by atoms with Crippen molar-refractivity contribution in [3.63, 3.8) is 0 Å². The lowest BCUT2D eigenvalue weighted by molar-refractivity contribution is 0.0599. The molecular formula is C51H56BBrO8. The molecule has 0 heterocycles. The van der Waals surface area contributed by atoms with Crippen LogP contribution in [0.5, 0.6) is 11.5 Å². The van der Waals surface area contributed by atoms with Gasteiger partial charge < -0.3 is 29.4 Å². The lowest BCUT2D eigenvalue weighted by Gasteiger charge is -2.08. The van der Waals surface area contributed by atoms with Crippen LogP contribution in [0.15, 0.2) is 150 Å². The molecule has 61 heavy (non-hydrogen) atoms. The van der Waals surface area contributed by atoms with Gasteiger partial charge in [-0.15, -0.1) is 0 Å². The van der Waals surface area contributed by atoms with Gasteiger partial charge in [0, 0.05) is 4.47 Å². The molecule has 318 valence electrons. The number of carboxylic acids is 1. The van der Waals surface area contributed by atoms with Crippen molar-refractivity contribution in [3.8, 4) is 44.9 Å². The number of rotatable bonds is 18. The largest absolute Gasteiger partial charge is 0.494 e. The molecule has 6 rings (SSSR count). The van der Waals surface area contributed by atoms with Crippen LogP contribution < -0.4 is 14.9 Å². The van der Waals surface area contributed by atoms with Crippen molar-refractivity contribution in [3.05, 3.63) is 161 Å². The monoisotopic (exact) mass is 886 g/mol. The first-order valence-corrected chi connectivity index (χ1v) is 21.6. The smallest absolute Gasteiger partial charge is 0.488 e. The predicted molar refractivity (Wildman–Crippen MR) is 251 cm³/mol. The van der Waals surface area contributed by atoms with Crippen LogP contribution in [-0.4, -0.2) is 54.5 Å². The van der Waals surface area contributed by atoms with Crippen molar-refractivity contribution in [2.75, 3.05) is 20.3 Å². The van der Waals surface area contributed by atoms with E-state index in [9.17, 15) is 9.59 Å². The molecule has 0 aromatic heterocycles. The Morgan fingerprint density at radius 3 is 1.18 bits per heavy atom. The molecule has 0 unspecified atom stereocenters. The maximum Gasteiger partial charge on any atom is 0.488 e. The fraction of sp³-hybridized carbons (Fsp3) is 0.255. The van der Waals surface area contributed by atoms with Crippen molar-refractivity contribution in [1.29, 1.82) is 0 Å². The second-order valence-corrected chi connectivity index (χ2v) is 15.2. The van der Waals surface area contributed by atoms with Gasteiger partial charge in [0.15, 0.2) is 0 Å². The van der Waals surface area contributed by atoms with Crippen LogP contribution >= 0.6 is 15.9 Å². The van der Waals surface area contributed by atoms with Crippen molar-refractivity contribution < 1.29 is 39.0 Å². The Morgan fingerprint density at radius 2 is 0.836 bits per heavy atom. The maximum atomic E-state index is 11.0. The number of halogens is 1. The van der Waals surface area contributed by atoms with Gasteiger partial charge in [-0.3, -0.25) is 0 Å². The molecule has 0 aliphatic rings. The SMILES string of the molecule is CCCCCCOc1ccc(-c2ccc(-c3ccc(C(=O)O)cc3)cc2)cc1.CCCCCCOc1ccc(-c2ccc(Br)cc2)cc1.COC(=O)c1ccc(B(O)O)cc1. The van der Waals surface area contributed by atoms with Gasteiger partial charge >= 0.3 is 19.1 Å². The second-order valence-electron chi connectivity index (χ2n) is 14.3. The third-order valence-electron chi connectivity index (χ3n) is 9.73. The molecule has 0 atom stereocenters. The summed E-state index contributed by atoms with van der Waals surface area (Å²) in [6, 6.07) is 46.0. The topological polar surface area (TPSA) is 123 Å². The number of esters is 1. The molecule has 0 aliphatic heterocycles. The zero-order valence-electron chi connectivity index (χ0n) is 35.3. The molecule has 0 fully saturated rings. The van der Waals surface area contributed by atoms with Crippen molar-refractivity contribution in [2.24, 2.45) is 0 Å². The van der Waals surface area contributed by atoms with Gasteiger partial charge in [0.2, 0.25) is 0 Å². The number of methoxy groups -OCH3 is 1. The number of carbonyl (C=O) groups is 2. The summed E-state index contributed by atoms with van der Waals surface area (Å²) in [5.74, 6) is 0.520. The Morgan fingerprint density at radius 1 is 0.492 bits per heavy atom. The Labute approximate surface area is 369 Å². The highest BCUT2D eigenvalue weighted by Gasteiger charge is 2.12. The third-order valence-corrected chi connectivity index (χ3v) is 10.3. The summed E-state index contributed by atoms with van der Waals surface area (Å²) in [7, 11) is -0.219. The molecule has 0 amide bonds. The number of benzene rings is 6. The van der Waals surface area contributed by atoms with Crippen LogP contribution in [0.2, 0.25) is 0 Å². The van der Waals surface area contributed by atoms with Gasteiger partial charge in [0.1, 0.15) is 11.5 Å². The first-order valence-electron chi connectivity index (χ1n) is 20.8. The minimum absolute atomic E-state index is 0.299. The zero-order valence-corrected chi connectivity index (χ0v) is 36.9. The summed E-state index contributed by atoms with van der Waals surface area (Å²) >= 11 is 3.46. The molecule has 0 bridgehead atoms. The highest BCUT2D eigenvalue weighted by Crippen LogP contribution is 2.27. The van der Waals surface area contributed by atoms with Crippen LogP contribution in [0.4, 0.5) is 0 Å². The zero-order chi connectivity index (χ0) is 43.8. The summed E-state index contributed by atoms with van der Waals surface area (Å²) in [4.78, 5) is 21.9. The van der Waals surface area contributed by atoms with Crippen LogP contribution in [0.25, 0.3) is 33.4 Å². The highest BCUT2D eigenvalue weighted by atomic mass is 79.9. The molecular weight excluding hydrogens is 831 g/mol. The molecule has 6 aromatic carbocycles. The molecule has 0 aliphatic carbocycles. The fourth-order valence-electron chi connectivity index (χ4n) is 6.14. The number of unbranched alkanes of at least 4 members (excludes halogenated alkanes) is 6. The van der Waals surface area contributed by atoms with E-state index in [2.05, 4.69) is 119 Å². The van der Waals surface area contributed by atoms with Crippen LogP contribution in [0.1, 0.15) is 85.9 Å². The molecule has 10 heteroatoms. The highest BCUT2D eigenvalue weighted by molar-refractivity contribution is 9.10. The summed E-state index contributed by atoms with van der Waals surface area (Å²) in [5, 5.41) is 26.5. The molecule has 0 radical (unpaired) electrons. The van der Waals surface area contributed by atoms with Crippen LogP contribution in [0, 0.1) is 0 Å². The van der Waals surface area contributed by atoms with Crippen molar-refractivity contribution in [2.45, 2.75) is 65.2 Å². The molecule has 8 nitrogen and oxygen atoms in total. The van der Waals surface area contributed by atoms with E-state index in [-0.39, 0.29) is 0 Å². The van der Waals surface area contributed by atoms with Crippen LogP contribution in [0.3, 0.4) is 0 Å². The Kier molecular flexibility index (Phi) is 20.9. The number of ether oxygens (including phenoxy) is 3. The first kappa shape index (κ1) is 48.0. The van der Waals surface area contributed by atoms with Gasteiger partial charge in [0.25, 0.3) is 0 Å². The molecule has 3 N–H and O–H groups in total. The third kappa shape index (κ3) is 16.7. The van der Waals surface area contributed by atoms with Crippen LogP contribution in [-0.2, 0) is 4.74 Å². The average Bonchev–Trinajstić information content (AvgIpc) is 3.30. The van der Waals surface area contributed by atoms with Gasteiger partial charge in [-0.1, -0.05) is 153 Å². The Hall–Kier alpha value is -5.68. The minimum Gasteiger partial charge on any atom is -0.494 e. The first-order chi connectivity index (χ1) is 29.6. The quantitative estimate of drug-likeness (QED) is 0.0443. The summed E-state index contributed by atoms with van der Waals surface area (Å²) in [5.41, 5.74) is 7.81. The van der Waals surface area contributed by atoms with E-state index in [1.807, 2.05) is 24.3 Å². The van der Waals surface area contributed by atoms with E-state index in [1.165, 1.54) is 81.0 Å². The number of carboxylic acid groups (broad SMARTS) is 1. The predicted octanol–water partition coefficient (Wildman–Crippen LogP) is 11.9. The second kappa shape index (κ2) is 26.5. The maximum absolute atomic E-state index is 11.0.